The summed E-state index contributed by atoms with van der Waals surface area (Å²) in [6.07, 6.45) is 1.55. The van der Waals surface area contributed by atoms with Crippen LogP contribution in [0.25, 0.3) is 0 Å². The number of likely N-dealkylation sites (N-methyl/N-ethyl adjacent to an activating group) is 1. The van der Waals surface area contributed by atoms with Crippen molar-refractivity contribution in [2.75, 3.05) is 7.05 Å². The fraction of sp³-hybridized carbons (Fsp3) is 0.125. The highest BCUT2D eigenvalue weighted by Crippen LogP contribution is 1.80. The van der Waals surface area contributed by atoms with Gasteiger partial charge in [0.05, 0.1) is 7.05 Å². The number of hydrogen-bond donors (Lipinski definition) is 0. The summed E-state index contributed by atoms with van der Waals surface area (Å²) in [5, 5.41) is 0.439. The molecule has 13 heavy (non-hydrogen) atoms. The highest BCUT2D eigenvalue weighted by atomic mass is 16.2. The Morgan fingerprint density at radius 2 is 2.15 bits per heavy atom. The molecule has 0 fully saturated rings. The number of carbonyl (C=O) groups is 2. The Morgan fingerprint density at radius 3 is 2.92 bits per heavy atom. The fourth-order valence-corrected chi connectivity index (χ4v) is 1.13. The normalized spacial score (nSPS) is 15.3. The van der Waals surface area contributed by atoms with Gasteiger partial charge in [-0.2, -0.15) is 9.57 Å². The third-order valence-corrected chi connectivity index (χ3v) is 1.79. The lowest BCUT2D eigenvalue weighted by Crippen LogP contribution is -2.50. The van der Waals surface area contributed by atoms with Crippen molar-refractivity contribution in [1.82, 2.24) is 9.56 Å². The average molecular weight is 176 g/mol. The molecular formula is C8H6N3O2+. The van der Waals surface area contributed by atoms with Crippen molar-refractivity contribution in [3.8, 4) is 0 Å². The molecule has 0 saturated carbocycles. The van der Waals surface area contributed by atoms with Gasteiger partial charge in [0, 0.05) is 0 Å². The Balaban J connectivity index is 2.97. The van der Waals surface area contributed by atoms with Crippen molar-refractivity contribution in [1.29, 1.82) is 0 Å². The second kappa shape index (κ2) is 2.55. The molecule has 5 nitrogen and oxygen atoms in total. The molecule has 2 amide bonds. The Hall–Kier alpha value is -1.91. The maximum Gasteiger partial charge on any atom is 0.401 e. The fourth-order valence-electron chi connectivity index (χ4n) is 1.13. The molecule has 0 aliphatic carbocycles. The zero-order valence-corrected chi connectivity index (χ0v) is 6.89. The van der Waals surface area contributed by atoms with E-state index in [0.29, 0.717) is 10.8 Å². The van der Waals surface area contributed by atoms with Gasteiger partial charge in [-0.05, 0) is 17.1 Å². The van der Waals surface area contributed by atoms with Crippen LogP contribution in [0, 0.1) is 0 Å². The SMILES string of the molecule is C[N+]1=c2ncccc2=NC(=O)C1=O. The van der Waals surface area contributed by atoms with E-state index in [-0.39, 0.29) is 0 Å². The first-order chi connectivity index (χ1) is 6.20. The molecule has 0 radical (unpaired) electrons. The van der Waals surface area contributed by atoms with Crippen LogP contribution in [0.2, 0.25) is 0 Å². The first-order valence-electron chi connectivity index (χ1n) is 3.69. The lowest BCUT2D eigenvalue weighted by atomic mass is 10.4. The van der Waals surface area contributed by atoms with Crippen LogP contribution in [0.5, 0.6) is 0 Å². The molecule has 0 spiro atoms. The second-order valence-corrected chi connectivity index (χ2v) is 2.63. The summed E-state index contributed by atoms with van der Waals surface area (Å²) in [5.74, 6) is -1.39. The van der Waals surface area contributed by atoms with Crippen LogP contribution in [0.1, 0.15) is 0 Å². The van der Waals surface area contributed by atoms with Gasteiger partial charge >= 0.3 is 17.3 Å². The van der Waals surface area contributed by atoms with E-state index in [1.165, 1.54) is 11.6 Å². The average Bonchev–Trinajstić information content (AvgIpc) is 2.15. The Bertz CT molecular complexity index is 518. The molecule has 0 aromatic carbocycles. The monoisotopic (exact) mass is 176 g/mol. The summed E-state index contributed by atoms with van der Waals surface area (Å²) in [6.45, 7) is 0. The van der Waals surface area contributed by atoms with E-state index in [0.717, 1.165) is 0 Å². The molecule has 1 aromatic heterocycles. The van der Waals surface area contributed by atoms with E-state index < -0.39 is 11.8 Å². The standard InChI is InChI=1S/C8H6N3O2/c1-11-6-5(3-2-4-9-6)10-7(12)8(11)13/h2-4H,1H3/q+1. The van der Waals surface area contributed by atoms with Gasteiger partial charge in [0.15, 0.2) is 5.36 Å². The van der Waals surface area contributed by atoms with E-state index in [1.54, 1.807) is 18.3 Å². The topological polar surface area (TPSA) is 62.4 Å². The molecule has 0 saturated heterocycles. The Kier molecular flexibility index (Phi) is 1.51. The summed E-state index contributed by atoms with van der Waals surface area (Å²) in [4.78, 5) is 29.6. The minimum atomic E-state index is -0.747. The molecule has 0 atom stereocenters. The Labute approximate surface area is 73.1 Å². The molecule has 2 rings (SSSR count). The van der Waals surface area contributed by atoms with Gasteiger partial charge in [-0.25, -0.2) is 4.79 Å². The van der Waals surface area contributed by atoms with Crippen LogP contribution >= 0.6 is 0 Å². The van der Waals surface area contributed by atoms with E-state index in [1.807, 2.05) is 0 Å². The largest absolute Gasteiger partial charge is 0.401 e. The number of fused-ring (bicyclic) bond motifs is 1. The smallest absolute Gasteiger partial charge is 0.258 e. The molecule has 0 N–H and O–H groups in total. The number of pyridine rings is 1. The maximum atomic E-state index is 11.1. The number of aromatic nitrogens is 1. The second-order valence-electron chi connectivity index (χ2n) is 2.63. The van der Waals surface area contributed by atoms with E-state index in [9.17, 15) is 9.59 Å². The van der Waals surface area contributed by atoms with Crippen molar-refractivity contribution < 1.29 is 9.59 Å². The van der Waals surface area contributed by atoms with Gasteiger partial charge in [0.2, 0.25) is 0 Å². The maximum absolute atomic E-state index is 11.1. The highest BCUT2D eigenvalue weighted by Gasteiger charge is 2.25. The number of carbonyl (C=O) groups excluding carboxylic acids is 2. The minimum absolute atomic E-state index is 0.423. The summed E-state index contributed by atoms with van der Waals surface area (Å²) in [7, 11) is 1.50. The van der Waals surface area contributed by atoms with Gasteiger partial charge in [-0.1, -0.05) is 0 Å². The number of rotatable bonds is 0. The first-order valence-corrected chi connectivity index (χ1v) is 3.69. The summed E-state index contributed by atoms with van der Waals surface area (Å²) in [6, 6.07) is 3.31. The predicted octanol–water partition coefficient (Wildman–Crippen LogP) is -2.11. The quantitative estimate of drug-likeness (QED) is 0.335. The summed E-state index contributed by atoms with van der Waals surface area (Å²) < 4.78 is 1.20. The lowest BCUT2D eigenvalue weighted by Gasteiger charge is -1.97. The first kappa shape index (κ1) is 7.72. The van der Waals surface area contributed by atoms with Crippen LogP contribution in [-0.4, -0.2) is 23.8 Å². The van der Waals surface area contributed by atoms with Crippen molar-refractivity contribution in [3.63, 3.8) is 0 Å². The van der Waals surface area contributed by atoms with Crippen LogP contribution in [-0.2, 0) is 9.59 Å². The zero-order chi connectivity index (χ0) is 9.42. The van der Waals surface area contributed by atoms with Crippen molar-refractivity contribution in [2.45, 2.75) is 0 Å². The highest BCUT2D eigenvalue weighted by molar-refractivity contribution is 6.36. The molecule has 5 heteroatoms. The molecule has 1 aliphatic heterocycles. The molecule has 1 aromatic rings. The van der Waals surface area contributed by atoms with E-state index >= 15 is 0 Å². The van der Waals surface area contributed by atoms with Crippen molar-refractivity contribution in [3.05, 3.63) is 29.2 Å². The van der Waals surface area contributed by atoms with Crippen LogP contribution < -0.4 is 15.4 Å². The van der Waals surface area contributed by atoms with Crippen LogP contribution in [0.4, 0.5) is 0 Å². The predicted molar refractivity (Wildman–Crippen MR) is 42.2 cm³/mol. The number of nitrogens with zero attached hydrogens (tertiary/aromatic N) is 3. The molecule has 0 bridgehead atoms. The van der Waals surface area contributed by atoms with Crippen LogP contribution in [0.3, 0.4) is 0 Å². The third-order valence-electron chi connectivity index (χ3n) is 1.79. The van der Waals surface area contributed by atoms with E-state index in [2.05, 4.69) is 9.98 Å². The molecule has 64 valence electrons. The van der Waals surface area contributed by atoms with Gasteiger partial charge < -0.3 is 0 Å². The van der Waals surface area contributed by atoms with Crippen molar-refractivity contribution in [2.24, 2.45) is 4.99 Å². The molecule has 1 aliphatic rings. The van der Waals surface area contributed by atoms with Gasteiger partial charge in [-0.15, -0.1) is 0 Å². The lowest BCUT2D eigenvalue weighted by molar-refractivity contribution is -0.138. The number of hydrogen-bond acceptors (Lipinski definition) is 3. The van der Waals surface area contributed by atoms with Gasteiger partial charge in [-0.3, -0.25) is 4.79 Å². The van der Waals surface area contributed by atoms with Gasteiger partial charge in [0.1, 0.15) is 6.20 Å². The summed E-state index contributed by atoms with van der Waals surface area (Å²) in [5.41, 5.74) is 0.423. The summed E-state index contributed by atoms with van der Waals surface area (Å²) >= 11 is 0. The molecular weight excluding hydrogens is 170 g/mol. The third kappa shape index (κ3) is 1.05. The van der Waals surface area contributed by atoms with E-state index in [4.69, 9.17) is 0 Å². The van der Waals surface area contributed by atoms with Crippen molar-refractivity contribution >= 4 is 11.8 Å². The Morgan fingerprint density at radius 1 is 1.38 bits per heavy atom. The van der Waals surface area contributed by atoms with Gasteiger partial charge in [0.25, 0.3) is 0 Å². The van der Waals surface area contributed by atoms with Crippen LogP contribution in [0.15, 0.2) is 23.3 Å². The minimum Gasteiger partial charge on any atom is -0.258 e. The molecule has 0 unspecified atom stereocenters. The number of amides is 2. The molecule has 2 heterocycles. The zero-order valence-electron chi connectivity index (χ0n) is 6.89.